The number of hydrogen-bond acceptors (Lipinski definition) is 4. The number of nitrogens with two attached hydrogens (primary N) is 1. The van der Waals surface area contributed by atoms with Gasteiger partial charge in [-0.05, 0) is 42.7 Å². The van der Waals surface area contributed by atoms with Crippen LogP contribution in [0.15, 0.2) is 42.9 Å². The van der Waals surface area contributed by atoms with Crippen molar-refractivity contribution in [2.24, 2.45) is 5.73 Å². The summed E-state index contributed by atoms with van der Waals surface area (Å²) in [5, 5.41) is 0. The maximum atomic E-state index is 5.96. The van der Waals surface area contributed by atoms with Gasteiger partial charge in [0.15, 0.2) is 0 Å². The normalized spacial score (nSPS) is 17.4. The molecule has 1 aromatic heterocycles. The molecule has 1 atom stereocenters. The number of rotatable bonds is 6. The summed E-state index contributed by atoms with van der Waals surface area (Å²) in [5.74, 6) is 1.67. The molecule has 2 N–H and O–H groups in total. The molecule has 5 nitrogen and oxygen atoms in total. The van der Waals surface area contributed by atoms with E-state index >= 15 is 0 Å². The minimum absolute atomic E-state index is 0.244. The summed E-state index contributed by atoms with van der Waals surface area (Å²) in [4.78, 5) is 4.25. The van der Waals surface area contributed by atoms with Gasteiger partial charge in [-0.15, -0.1) is 0 Å². The van der Waals surface area contributed by atoms with Gasteiger partial charge in [0.25, 0.3) is 0 Å². The van der Waals surface area contributed by atoms with Crippen molar-refractivity contribution in [3.63, 3.8) is 0 Å². The Morgan fingerprint density at radius 3 is 2.73 bits per heavy atom. The van der Waals surface area contributed by atoms with Gasteiger partial charge in [0.1, 0.15) is 18.1 Å². The molecule has 1 aromatic carbocycles. The highest BCUT2D eigenvalue weighted by Crippen LogP contribution is 2.26. The average Bonchev–Trinajstić information content (AvgIpc) is 3.16. The number of methoxy groups -OCH3 is 1. The molecule has 1 aliphatic rings. The number of benzene rings is 1. The minimum Gasteiger partial charge on any atom is -0.497 e. The average molecular weight is 299 g/mol. The van der Waals surface area contributed by atoms with E-state index in [2.05, 4.69) is 15.6 Å². The third-order valence-corrected chi connectivity index (χ3v) is 3.85. The molecule has 1 aliphatic carbocycles. The van der Waals surface area contributed by atoms with E-state index in [1.54, 1.807) is 7.11 Å². The molecule has 0 aliphatic heterocycles. The van der Waals surface area contributed by atoms with Crippen molar-refractivity contribution in [2.75, 3.05) is 13.7 Å². The molecule has 1 unspecified atom stereocenters. The van der Waals surface area contributed by atoms with Crippen molar-refractivity contribution in [3.05, 3.63) is 48.6 Å². The second kappa shape index (κ2) is 6.66. The van der Waals surface area contributed by atoms with Crippen molar-refractivity contribution in [1.29, 1.82) is 0 Å². The summed E-state index contributed by atoms with van der Waals surface area (Å²) < 4.78 is 13.0. The topological polar surface area (TPSA) is 62.3 Å². The molecule has 0 spiro atoms. The van der Waals surface area contributed by atoms with E-state index in [0.29, 0.717) is 6.61 Å². The van der Waals surface area contributed by atoms with Crippen molar-refractivity contribution in [2.45, 2.75) is 25.4 Å². The maximum Gasteiger partial charge on any atom is 0.119 e. The Labute approximate surface area is 130 Å². The van der Waals surface area contributed by atoms with E-state index in [9.17, 15) is 0 Å². The van der Waals surface area contributed by atoms with Crippen LogP contribution in [0.4, 0.5) is 0 Å². The number of ether oxygens (including phenoxy) is 2. The lowest BCUT2D eigenvalue weighted by Gasteiger charge is -2.11. The van der Waals surface area contributed by atoms with Crippen LogP contribution in [0, 0.1) is 0 Å². The molecule has 0 saturated carbocycles. The Bertz CT molecular complexity index is 646. The summed E-state index contributed by atoms with van der Waals surface area (Å²) in [6.07, 6.45) is 7.82. The molecular formula is C17H21N3O2. The number of nitrogens with zero attached hydrogens (tertiary/aromatic N) is 2. The fraction of sp³-hybridized carbons (Fsp3) is 0.353. The lowest BCUT2D eigenvalue weighted by molar-refractivity contribution is 0.297. The third-order valence-electron chi connectivity index (χ3n) is 3.85. The third kappa shape index (κ3) is 3.31. The molecule has 1 heterocycles. The molecule has 0 amide bonds. The number of imidazole rings is 1. The highest BCUT2D eigenvalue weighted by Gasteiger charge is 2.17. The first-order chi connectivity index (χ1) is 10.8. The maximum absolute atomic E-state index is 5.96. The van der Waals surface area contributed by atoms with E-state index in [4.69, 9.17) is 15.2 Å². The quantitative estimate of drug-likeness (QED) is 0.890. The first kappa shape index (κ1) is 14.7. The second-order valence-corrected chi connectivity index (χ2v) is 5.43. The standard InChI is InChI=1S/C17H21N3O2/c1-21-15-4-6-16(7-5-15)22-9-8-20-12-19-11-17(20)13-2-3-14(18)10-13/h2,4-7,11-12,14H,3,8-10,18H2,1H3. The van der Waals surface area contributed by atoms with Crippen LogP contribution in [0.1, 0.15) is 18.5 Å². The van der Waals surface area contributed by atoms with Gasteiger partial charge in [0.05, 0.1) is 31.9 Å². The van der Waals surface area contributed by atoms with Crippen molar-refractivity contribution in [3.8, 4) is 11.5 Å². The van der Waals surface area contributed by atoms with Gasteiger partial charge in [-0.2, -0.15) is 0 Å². The minimum atomic E-state index is 0.244. The highest BCUT2D eigenvalue weighted by atomic mass is 16.5. The highest BCUT2D eigenvalue weighted by molar-refractivity contribution is 5.65. The monoisotopic (exact) mass is 299 g/mol. The molecule has 0 saturated heterocycles. The summed E-state index contributed by atoms with van der Waals surface area (Å²) >= 11 is 0. The summed E-state index contributed by atoms with van der Waals surface area (Å²) in [6.45, 7) is 1.35. The zero-order valence-electron chi connectivity index (χ0n) is 12.7. The lowest BCUT2D eigenvalue weighted by atomic mass is 10.1. The second-order valence-electron chi connectivity index (χ2n) is 5.43. The Morgan fingerprint density at radius 2 is 2.05 bits per heavy atom. The zero-order valence-corrected chi connectivity index (χ0v) is 12.7. The molecule has 22 heavy (non-hydrogen) atoms. The molecule has 0 bridgehead atoms. The van der Waals surface area contributed by atoms with Crippen molar-refractivity contribution in [1.82, 2.24) is 9.55 Å². The van der Waals surface area contributed by atoms with Gasteiger partial charge in [-0.1, -0.05) is 6.08 Å². The first-order valence-corrected chi connectivity index (χ1v) is 7.48. The number of hydrogen-bond donors (Lipinski definition) is 1. The van der Waals surface area contributed by atoms with Crippen LogP contribution >= 0.6 is 0 Å². The summed E-state index contributed by atoms with van der Waals surface area (Å²) in [6, 6.07) is 7.85. The molecule has 0 fully saturated rings. The smallest absolute Gasteiger partial charge is 0.119 e. The Balaban J connectivity index is 1.57. The lowest BCUT2D eigenvalue weighted by Crippen LogP contribution is -2.15. The van der Waals surface area contributed by atoms with Crippen LogP contribution in [0.5, 0.6) is 11.5 Å². The molecule has 5 heteroatoms. The van der Waals surface area contributed by atoms with Crippen LogP contribution in [0.3, 0.4) is 0 Å². The molecular weight excluding hydrogens is 278 g/mol. The van der Waals surface area contributed by atoms with Gasteiger partial charge < -0.3 is 19.8 Å². The van der Waals surface area contributed by atoms with Gasteiger partial charge in [-0.25, -0.2) is 4.98 Å². The van der Waals surface area contributed by atoms with Crippen LogP contribution in [0.2, 0.25) is 0 Å². The molecule has 3 rings (SSSR count). The van der Waals surface area contributed by atoms with Crippen LogP contribution < -0.4 is 15.2 Å². The summed E-state index contributed by atoms with van der Waals surface area (Å²) in [7, 11) is 1.65. The van der Waals surface area contributed by atoms with Crippen LogP contribution in [-0.4, -0.2) is 29.3 Å². The van der Waals surface area contributed by atoms with E-state index in [1.165, 1.54) is 5.57 Å². The van der Waals surface area contributed by atoms with E-state index in [1.807, 2.05) is 36.8 Å². The molecule has 116 valence electrons. The van der Waals surface area contributed by atoms with Crippen molar-refractivity contribution < 1.29 is 9.47 Å². The fourth-order valence-electron chi connectivity index (χ4n) is 2.65. The SMILES string of the molecule is COc1ccc(OCCn2cncc2C2=CCC(N)C2)cc1. The van der Waals surface area contributed by atoms with Crippen LogP contribution in [0.25, 0.3) is 5.57 Å². The fourth-order valence-corrected chi connectivity index (χ4v) is 2.65. The molecule has 2 aromatic rings. The Kier molecular flexibility index (Phi) is 4.44. The largest absolute Gasteiger partial charge is 0.497 e. The zero-order chi connectivity index (χ0) is 15.4. The van der Waals surface area contributed by atoms with Gasteiger partial charge in [0, 0.05) is 6.04 Å². The Hall–Kier alpha value is -2.27. The van der Waals surface area contributed by atoms with Gasteiger partial charge in [0.2, 0.25) is 0 Å². The first-order valence-electron chi connectivity index (χ1n) is 7.48. The van der Waals surface area contributed by atoms with Crippen LogP contribution in [-0.2, 0) is 6.54 Å². The predicted molar refractivity (Wildman–Crippen MR) is 85.9 cm³/mol. The predicted octanol–water partition coefficient (Wildman–Crippen LogP) is 2.48. The number of aromatic nitrogens is 2. The van der Waals surface area contributed by atoms with E-state index in [0.717, 1.165) is 36.6 Å². The van der Waals surface area contributed by atoms with E-state index in [-0.39, 0.29) is 6.04 Å². The Morgan fingerprint density at radius 1 is 1.27 bits per heavy atom. The van der Waals surface area contributed by atoms with Gasteiger partial charge >= 0.3 is 0 Å². The van der Waals surface area contributed by atoms with Gasteiger partial charge in [-0.3, -0.25) is 0 Å². The molecule has 0 radical (unpaired) electrons. The van der Waals surface area contributed by atoms with E-state index < -0.39 is 0 Å². The summed E-state index contributed by atoms with van der Waals surface area (Å²) in [5.41, 5.74) is 8.40. The van der Waals surface area contributed by atoms with Crippen molar-refractivity contribution >= 4 is 5.57 Å².